The summed E-state index contributed by atoms with van der Waals surface area (Å²) in [6.45, 7) is 3.24. The number of halogens is 3. The highest BCUT2D eigenvalue weighted by molar-refractivity contribution is 8.13. The van der Waals surface area contributed by atoms with E-state index in [0.717, 1.165) is 0 Å². The molecule has 0 saturated carbocycles. The van der Waals surface area contributed by atoms with Gasteiger partial charge < -0.3 is 10.1 Å². The number of carbonyl (C=O) groups excluding carboxylic acids is 1. The van der Waals surface area contributed by atoms with E-state index in [1.807, 2.05) is 0 Å². The minimum atomic E-state index is -4.43. The summed E-state index contributed by atoms with van der Waals surface area (Å²) in [5.74, 6) is -3.83. The topological polar surface area (TPSA) is 72.5 Å². The lowest BCUT2D eigenvalue weighted by molar-refractivity contribution is 0.0811. The van der Waals surface area contributed by atoms with Gasteiger partial charge >= 0.3 is 0 Å². The van der Waals surface area contributed by atoms with E-state index < -0.39 is 42.6 Å². The second kappa shape index (κ2) is 6.25. The van der Waals surface area contributed by atoms with Crippen LogP contribution in [-0.4, -0.2) is 33.6 Å². The molecule has 5 nitrogen and oxygen atoms in total. The summed E-state index contributed by atoms with van der Waals surface area (Å²) in [4.78, 5) is 11.0. The van der Waals surface area contributed by atoms with Gasteiger partial charge in [-0.1, -0.05) is 0 Å². The van der Waals surface area contributed by atoms with E-state index in [2.05, 4.69) is 5.32 Å². The standard InChI is InChI=1S/C12H14ClF2NO4S/c1-12(2,6-20-3)16-11(17)9-7(14)4-5-8(10(9)15)21(13,18)19/h4-5H,6H2,1-3H3,(H,16,17). The van der Waals surface area contributed by atoms with Gasteiger partial charge in [0.1, 0.15) is 16.3 Å². The van der Waals surface area contributed by atoms with Crippen LogP contribution in [0.2, 0.25) is 0 Å². The van der Waals surface area contributed by atoms with Crippen LogP contribution in [-0.2, 0) is 13.8 Å². The molecule has 0 aliphatic heterocycles. The van der Waals surface area contributed by atoms with Crippen LogP contribution in [0.3, 0.4) is 0 Å². The summed E-state index contributed by atoms with van der Waals surface area (Å²) >= 11 is 0. The summed E-state index contributed by atoms with van der Waals surface area (Å²) in [5.41, 5.74) is -1.92. The summed E-state index contributed by atoms with van der Waals surface area (Å²) in [6, 6.07) is 1.32. The average Bonchev–Trinajstić information content (AvgIpc) is 2.25. The Balaban J connectivity index is 3.28. The van der Waals surface area contributed by atoms with Crippen LogP contribution in [0.4, 0.5) is 8.78 Å². The minimum absolute atomic E-state index is 0.0927. The van der Waals surface area contributed by atoms with Crippen LogP contribution in [0.5, 0.6) is 0 Å². The first-order valence-corrected chi connectivity index (χ1v) is 8.04. The lowest BCUT2D eigenvalue weighted by Crippen LogP contribution is -2.47. The highest BCUT2D eigenvalue weighted by Gasteiger charge is 2.29. The molecule has 0 radical (unpaired) electrons. The Kier molecular flexibility index (Phi) is 5.30. The van der Waals surface area contributed by atoms with Gasteiger partial charge in [0, 0.05) is 17.8 Å². The fourth-order valence-electron chi connectivity index (χ4n) is 1.70. The lowest BCUT2D eigenvalue weighted by atomic mass is 10.1. The Bertz CT molecular complexity index is 661. The quantitative estimate of drug-likeness (QED) is 0.832. The van der Waals surface area contributed by atoms with Gasteiger partial charge in [0.25, 0.3) is 15.0 Å². The fraction of sp³-hybridized carbons (Fsp3) is 0.417. The van der Waals surface area contributed by atoms with E-state index in [9.17, 15) is 22.0 Å². The third-order valence-corrected chi connectivity index (χ3v) is 3.84. The van der Waals surface area contributed by atoms with E-state index in [4.69, 9.17) is 15.4 Å². The molecule has 9 heteroatoms. The molecule has 0 aliphatic carbocycles. The molecule has 1 amide bonds. The molecule has 0 atom stereocenters. The van der Waals surface area contributed by atoms with Gasteiger partial charge in [0.05, 0.1) is 12.1 Å². The highest BCUT2D eigenvalue weighted by Crippen LogP contribution is 2.24. The molecule has 0 heterocycles. The molecule has 0 fully saturated rings. The van der Waals surface area contributed by atoms with Crippen LogP contribution in [0, 0.1) is 11.6 Å². The van der Waals surface area contributed by atoms with Crippen molar-refractivity contribution in [3.05, 3.63) is 29.3 Å². The Morgan fingerprint density at radius 1 is 1.38 bits per heavy atom. The number of rotatable bonds is 5. The van der Waals surface area contributed by atoms with Crippen LogP contribution < -0.4 is 5.32 Å². The van der Waals surface area contributed by atoms with Crippen LogP contribution in [0.1, 0.15) is 24.2 Å². The summed E-state index contributed by atoms with van der Waals surface area (Å²) in [5, 5.41) is 2.35. The number of hydrogen-bond acceptors (Lipinski definition) is 4. The highest BCUT2D eigenvalue weighted by atomic mass is 35.7. The van der Waals surface area contributed by atoms with Crippen LogP contribution in [0.15, 0.2) is 17.0 Å². The number of ether oxygens (including phenoxy) is 1. The molecule has 1 aromatic carbocycles. The monoisotopic (exact) mass is 341 g/mol. The van der Waals surface area contributed by atoms with Crippen LogP contribution in [0.25, 0.3) is 0 Å². The van der Waals surface area contributed by atoms with Crippen molar-refractivity contribution < 1.29 is 26.7 Å². The van der Waals surface area contributed by atoms with Crippen molar-refractivity contribution in [2.45, 2.75) is 24.3 Å². The smallest absolute Gasteiger partial charge is 0.264 e. The lowest BCUT2D eigenvalue weighted by Gasteiger charge is -2.25. The first-order chi connectivity index (χ1) is 9.49. The molecule has 21 heavy (non-hydrogen) atoms. The third-order valence-electron chi connectivity index (χ3n) is 2.50. The molecule has 0 unspecified atom stereocenters. The van der Waals surface area contributed by atoms with Crippen molar-refractivity contribution in [2.75, 3.05) is 13.7 Å². The Morgan fingerprint density at radius 3 is 2.43 bits per heavy atom. The van der Waals surface area contributed by atoms with Crippen LogP contribution >= 0.6 is 10.7 Å². The minimum Gasteiger partial charge on any atom is -0.382 e. The maximum Gasteiger partial charge on any atom is 0.264 e. The van der Waals surface area contributed by atoms with Crippen molar-refractivity contribution >= 4 is 25.6 Å². The molecular weight excluding hydrogens is 328 g/mol. The van der Waals surface area contributed by atoms with Crippen molar-refractivity contribution in [1.82, 2.24) is 5.32 Å². The van der Waals surface area contributed by atoms with Crippen molar-refractivity contribution in [2.24, 2.45) is 0 Å². The molecular formula is C12H14ClF2NO4S. The summed E-state index contributed by atoms with van der Waals surface area (Å²) in [7, 11) is 2.00. The molecule has 0 saturated heterocycles. The first-order valence-electron chi connectivity index (χ1n) is 5.74. The summed E-state index contributed by atoms with van der Waals surface area (Å²) < 4.78 is 54.9. The number of nitrogens with one attached hydrogen (secondary N) is 1. The van der Waals surface area contributed by atoms with Gasteiger partial charge in [0.2, 0.25) is 0 Å². The second-order valence-electron chi connectivity index (χ2n) is 4.94. The van der Waals surface area contributed by atoms with E-state index >= 15 is 0 Å². The Morgan fingerprint density at radius 2 is 1.95 bits per heavy atom. The number of hydrogen-bond donors (Lipinski definition) is 1. The number of amides is 1. The SMILES string of the molecule is COCC(C)(C)NC(=O)c1c(F)ccc(S(=O)(=O)Cl)c1F. The normalized spacial score (nSPS) is 12.3. The van der Waals surface area contributed by atoms with Gasteiger partial charge in [-0.25, -0.2) is 17.2 Å². The predicted octanol–water partition coefficient (Wildman–Crippen LogP) is 2.05. The molecule has 1 rings (SSSR count). The Labute approximate surface area is 125 Å². The molecule has 1 N–H and O–H groups in total. The van der Waals surface area contributed by atoms with Crippen molar-refractivity contribution in [3.63, 3.8) is 0 Å². The molecule has 118 valence electrons. The zero-order valence-electron chi connectivity index (χ0n) is 11.5. The zero-order chi connectivity index (χ0) is 16.4. The fourth-order valence-corrected chi connectivity index (χ4v) is 2.60. The molecule has 1 aromatic rings. The van der Waals surface area contributed by atoms with Gasteiger partial charge in [-0.15, -0.1) is 0 Å². The maximum atomic E-state index is 14.0. The van der Waals surface area contributed by atoms with E-state index in [1.54, 1.807) is 13.8 Å². The second-order valence-corrected chi connectivity index (χ2v) is 7.48. The van der Waals surface area contributed by atoms with E-state index in [1.165, 1.54) is 7.11 Å². The molecule has 0 aromatic heterocycles. The van der Waals surface area contributed by atoms with Gasteiger partial charge in [0.15, 0.2) is 5.82 Å². The summed E-state index contributed by atoms with van der Waals surface area (Å²) in [6.07, 6.45) is 0. The molecule has 0 spiro atoms. The van der Waals surface area contributed by atoms with Gasteiger partial charge in [-0.2, -0.15) is 0 Å². The number of benzene rings is 1. The van der Waals surface area contributed by atoms with E-state index in [0.29, 0.717) is 12.1 Å². The maximum absolute atomic E-state index is 14.0. The zero-order valence-corrected chi connectivity index (χ0v) is 13.1. The Hall–Kier alpha value is -1.25. The van der Waals surface area contributed by atoms with Gasteiger partial charge in [-0.3, -0.25) is 4.79 Å². The largest absolute Gasteiger partial charge is 0.382 e. The van der Waals surface area contributed by atoms with Crippen molar-refractivity contribution in [3.8, 4) is 0 Å². The number of methoxy groups -OCH3 is 1. The molecule has 0 aliphatic rings. The number of carbonyl (C=O) groups is 1. The third kappa shape index (κ3) is 4.36. The van der Waals surface area contributed by atoms with Gasteiger partial charge in [-0.05, 0) is 26.0 Å². The van der Waals surface area contributed by atoms with Crippen molar-refractivity contribution in [1.29, 1.82) is 0 Å². The van der Waals surface area contributed by atoms with E-state index in [-0.39, 0.29) is 6.61 Å². The molecule has 0 bridgehead atoms. The first kappa shape index (κ1) is 17.8. The average molecular weight is 342 g/mol. The predicted molar refractivity (Wildman–Crippen MR) is 72.8 cm³/mol.